The smallest absolute Gasteiger partial charge is 0.333 e. The Kier molecular flexibility index (Phi) is 4.17. The molecule has 0 aromatic heterocycles. The van der Waals surface area contributed by atoms with Crippen LogP contribution < -0.4 is 10.1 Å². The fraction of sp³-hybridized carbons (Fsp3) is 0.235. The maximum atomic E-state index is 11.9. The van der Waals surface area contributed by atoms with Gasteiger partial charge in [-0.25, -0.2) is 4.79 Å². The highest BCUT2D eigenvalue weighted by Crippen LogP contribution is 2.34. The van der Waals surface area contributed by atoms with E-state index in [1.165, 1.54) is 0 Å². The zero-order valence-corrected chi connectivity index (χ0v) is 12.4. The Morgan fingerprint density at radius 3 is 2.43 bits per heavy atom. The van der Waals surface area contributed by atoms with Gasteiger partial charge in [0.1, 0.15) is 5.75 Å². The van der Waals surface area contributed by atoms with Crippen LogP contribution in [-0.4, -0.2) is 18.2 Å². The molecule has 0 saturated heterocycles. The third-order valence-electron chi connectivity index (χ3n) is 3.49. The molecule has 2 aromatic carbocycles. The summed E-state index contributed by atoms with van der Waals surface area (Å²) in [5.74, 6) is -0.413. The Hall–Kier alpha value is -2.49. The first kappa shape index (κ1) is 14.9. The number of para-hydroxylation sites is 1. The normalized spacial score (nSPS) is 13.3. The Bertz CT molecular complexity index is 640. The summed E-state index contributed by atoms with van der Waals surface area (Å²) < 4.78 is 5.33. The Morgan fingerprint density at radius 2 is 1.86 bits per heavy atom. The molecule has 0 spiro atoms. The van der Waals surface area contributed by atoms with E-state index in [0.717, 1.165) is 11.3 Å². The van der Waals surface area contributed by atoms with Crippen LogP contribution in [0.5, 0.6) is 5.75 Å². The molecule has 0 aliphatic carbocycles. The molecule has 0 amide bonds. The molecule has 110 valence electrons. The van der Waals surface area contributed by atoms with Gasteiger partial charge < -0.3 is 15.2 Å². The summed E-state index contributed by atoms with van der Waals surface area (Å²) in [5.41, 5.74) is 1.04. The lowest BCUT2D eigenvalue weighted by atomic mass is 9.89. The molecule has 0 heterocycles. The summed E-state index contributed by atoms with van der Waals surface area (Å²) in [5, 5.41) is 12.8. The van der Waals surface area contributed by atoms with Crippen LogP contribution in [0, 0.1) is 6.92 Å². The molecular weight excluding hydrogens is 266 g/mol. The summed E-state index contributed by atoms with van der Waals surface area (Å²) in [6, 6.07) is 14.8. The SMILES string of the molecule is COc1ccc(C)cc1C(C)(Nc1ccccc1)C(=O)O. The number of anilines is 1. The number of carbonyl (C=O) groups is 1. The average Bonchev–Trinajstić information content (AvgIpc) is 2.48. The van der Waals surface area contributed by atoms with E-state index >= 15 is 0 Å². The van der Waals surface area contributed by atoms with Crippen LogP contribution in [0.4, 0.5) is 5.69 Å². The van der Waals surface area contributed by atoms with Crippen LogP contribution in [0.1, 0.15) is 18.1 Å². The van der Waals surface area contributed by atoms with Crippen molar-refractivity contribution in [2.45, 2.75) is 19.4 Å². The molecule has 4 heteroatoms. The van der Waals surface area contributed by atoms with Gasteiger partial charge in [-0.05, 0) is 38.1 Å². The summed E-state index contributed by atoms with van der Waals surface area (Å²) >= 11 is 0. The lowest BCUT2D eigenvalue weighted by Crippen LogP contribution is -2.40. The van der Waals surface area contributed by atoms with E-state index in [4.69, 9.17) is 4.74 Å². The minimum absolute atomic E-state index is 0.550. The van der Waals surface area contributed by atoms with Crippen molar-refractivity contribution in [3.63, 3.8) is 0 Å². The Labute approximate surface area is 124 Å². The third-order valence-corrected chi connectivity index (χ3v) is 3.49. The van der Waals surface area contributed by atoms with Crippen LogP contribution in [0.25, 0.3) is 0 Å². The fourth-order valence-corrected chi connectivity index (χ4v) is 2.26. The largest absolute Gasteiger partial charge is 0.496 e. The van der Waals surface area contributed by atoms with Crippen molar-refractivity contribution in [1.82, 2.24) is 0 Å². The average molecular weight is 285 g/mol. The molecule has 0 aliphatic rings. The number of hydrogen-bond donors (Lipinski definition) is 2. The van der Waals surface area contributed by atoms with E-state index < -0.39 is 11.5 Å². The molecule has 2 rings (SSSR count). The van der Waals surface area contributed by atoms with Gasteiger partial charge in [-0.1, -0.05) is 29.8 Å². The number of carboxylic acids is 1. The van der Waals surface area contributed by atoms with E-state index in [-0.39, 0.29) is 0 Å². The van der Waals surface area contributed by atoms with Gasteiger partial charge in [0.25, 0.3) is 0 Å². The molecule has 2 aromatic rings. The Morgan fingerprint density at radius 1 is 1.19 bits per heavy atom. The van der Waals surface area contributed by atoms with Gasteiger partial charge in [0.15, 0.2) is 5.54 Å². The quantitative estimate of drug-likeness (QED) is 0.883. The molecule has 1 atom stereocenters. The second kappa shape index (κ2) is 5.87. The number of aryl methyl sites for hydroxylation is 1. The van der Waals surface area contributed by atoms with Gasteiger partial charge >= 0.3 is 5.97 Å². The van der Waals surface area contributed by atoms with E-state index in [1.807, 2.05) is 49.4 Å². The van der Waals surface area contributed by atoms with Crippen molar-refractivity contribution in [2.75, 3.05) is 12.4 Å². The van der Waals surface area contributed by atoms with E-state index in [2.05, 4.69) is 5.32 Å². The highest BCUT2D eigenvalue weighted by molar-refractivity contribution is 5.85. The van der Waals surface area contributed by atoms with Crippen molar-refractivity contribution in [3.8, 4) is 5.75 Å². The lowest BCUT2D eigenvalue weighted by Gasteiger charge is -2.29. The number of hydrogen-bond acceptors (Lipinski definition) is 3. The first-order valence-electron chi connectivity index (χ1n) is 6.69. The minimum Gasteiger partial charge on any atom is -0.496 e. The topological polar surface area (TPSA) is 58.6 Å². The maximum absolute atomic E-state index is 11.9. The van der Waals surface area contributed by atoms with Crippen molar-refractivity contribution in [2.24, 2.45) is 0 Å². The first-order valence-corrected chi connectivity index (χ1v) is 6.69. The number of aliphatic carboxylic acids is 1. The zero-order chi connectivity index (χ0) is 15.5. The number of benzene rings is 2. The first-order chi connectivity index (χ1) is 9.97. The second-order valence-corrected chi connectivity index (χ2v) is 5.12. The van der Waals surface area contributed by atoms with Gasteiger partial charge in [-0.2, -0.15) is 0 Å². The predicted octanol–water partition coefficient (Wildman–Crippen LogP) is 3.42. The monoisotopic (exact) mass is 285 g/mol. The highest BCUT2D eigenvalue weighted by atomic mass is 16.5. The maximum Gasteiger partial charge on any atom is 0.333 e. The number of methoxy groups -OCH3 is 1. The summed E-state index contributed by atoms with van der Waals surface area (Å²) in [7, 11) is 1.54. The molecule has 0 fully saturated rings. The Balaban J connectivity index is 2.52. The molecule has 2 N–H and O–H groups in total. The molecule has 0 aliphatic heterocycles. The highest BCUT2D eigenvalue weighted by Gasteiger charge is 2.37. The van der Waals surface area contributed by atoms with Gasteiger partial charge in [-0.3, -0.25) is 0 Å². The predicted molar refractivity (Wildman–Crippen MR) is 82.8 cm³/mol. The van der Waals surface area contributed by atoms with Gasteiger partial charge in [0.2, 0.25) is 0 Å². The van der Waals surface area contributed by atoms with Crippen molar-refractivity contribution in [1.29, 1.82) is 0 Å². The lowest BCUT2D eigenvalue weighted by molar-refractivity contribution is -0.142. The van der Waals surface area contributed by atoms with E-state index in [0.29, 0.717) is 11.3 Å². The standard InChI is InChI=1S/C17H19NO3/c1-12-9-10-15(21-3)14(11-12)17(2,16(19)20)18-13-7-5-4-6-8-13/h4-11,18H,1-3H3,(H,19,20). The van der Waals surface area contributed by atoms with Gasteiger partial charge in [-0.15, -0.1) is 0 Å². The van der Waals surface area contributed by atoms with E-state index in [9.17, 15) is 9.90 Å². The molecule has 1 unspecified atom stereocenters. The van der Waals surface area contributed by atoms with Crippen LogP contribution in [0.3, 0.4) is 0 Å². The molecule has 0 radical (unpaired) electrons. The number of carboxylic acid groups (broad SMARTS) is 1. The number of nitrogens with one attached hydrogen (secondary N) is 1. The second-order valence-electron chi connectivity index (χ2n) is 5.12. The fourth-order valence-electron chi connectivity index (χ4n) is 2.26. The minimum atomic E-state index is -1.28. The number of rotatable bonds is 5. The zero-order valence-electron chi connectivity index (χ0n) is 12.4. The van der Waals surface area contributed by atoms with Crippen LogP contribution >= 0.6 is 0 Å². The molecule has 0 saturated carbocycles. The third kappa shape index (κ3) is 2.99. The van der Waals surface area contributed by atoms with Crippen molar-refractivity contribution in [3.05, 3.63) is 59.7 Å². The number of ether oxygens (including phenoxy) is 1. The molecule has 0 bridgehead atoms. The van der Waals surface area contributed by atoms with Gasteiger partial charge in [0.05, 0.1) is 7.11 Å². The van der Waals surface area contributed by atoms with Crippen LogP contribution in [-0.2, 0) is 10.3 Å². The summed E-state index contributed by atoms with van der Waals surface area (Å²) in [6.45, 7) is 3.56. The summed E-state index contributed by atoms with van der Waals surface area (Å²) in [6.07, 6.45) is 0. The van der Waals surface area contributed by atoms with E-state index in [1.54, 1.807) is 20.1 Å². The van der Waals surface area contributed by atoms with Crippen molar-refractivity contribution < 1.29 is 14.6 Å². The van der Waals surface area contributed by atoms with Crippen LogP contribution in [0.15, 0.2) is 48.5 Å². The molecule has 4 nitrogen and oxygen atoms in total. The molecular formula is C17H19NO3. The molecule has 21 heavy (non-hydrogen) atoms. The summed E-state index contributed by atoms with van der Waals surface area (Å²) in [4.78, 5) is 11.9. The van der Waals surface area contributed by atoms with Gasteiger partial charge in [0, 0.05) is 11.3 Å². The van der Waals surface area contributed by atoms with Crippen LogP contribution in [0.2, 0.25) is 0 Å². The van der Waals surface area contributed by atoms with Crippen molar-refractivity contribution >= 4 is 11.7 Å².